The standard InChI is InChI=1S/C8H8BrN5/c1-5-2-7(10)13-14(5)8-11-3-6(9)4-12-8/h2-4H,1H3,(H2,10,13). The Labute approximate surface area is 89.1 Å². The number of rotatable bonds is 1. The number of nitrogens with two attached hydrogens (primary N) is 1. The maximum atomic E-state index is 5.55. The molecule has 0 atom stereocenters. The zero-order chi connectivity index (χ0) is 10.1. The molecule has 2 heterocycles. The Morgan fingerprint density at radius 3 is 2.50 bits per heavy atom. The second-order valence-corrected chi connectivity index (χ2v) is 3.74. The fourth-order valence-electron chi connectivity index (χ4n) is 1.12. The Hall–Kier alpha value is -1.43. The third kappa shape index (κ3) is 1.60. The molecule has 0 aromatic carbocycles. The molecule has 0 saturated heterocycles. The molecular formula is C8H8BrN5. The first-order valence-electron chi connectivity index (χ1n) is 3.97. The van der Waals surface area contributed by atoms with Crippen LogP contribution in [0, 0.1) is 6.92 Å². The number of aryl methyl sites for hydroxylation is 1. The van der Waals surface area contributed by atoms with Gasteiger partial charge >= 0.3 is 0 Å². The summed E-state index contributed by atoms with van der Waals surface area (Å²) in [6.45, 7) is 1.90. The van der Waals surface area contributed by atoms with Crippen molar-refractivity contribution < 1.29 is 0 Å². The maximum absolute atomic E-state index is 5.55. The lowest BCUT2D eigenvalue weighted by Gasteiger charge is -2.00. The van der Waals surface area contributed by atoms with E-state index in [-0.39, 0.29) is 0 Å². The average molecular weight is 254 g/mol. The minimum absolute atomic E-state index is 0.467. The van der Waals surface area contributed by atoms with E-state index in [0.29, 0.717) is 11.8 Å². The molecule has 0 fully saturated rings. The summed E-state index contributed by atoms with van der Waals surface area (Å²) in [5.74, 6) is 0.983. The van der Waals surface area contributed by atoms with Gasteiger partial charge in [-0.25, -0.2) is 14.6 Å². The second-order valence-electron chi connectivity index (χ2n) is 2.82. The topological polar surface area (TPSA) is 69.6 Å². The molecule has 0 aliphatic rings. The van der Waals surface area contributed by atoms with Crippen LogP contribution in [0.1, 0.15) is 5.69 Å². The third-order valence-corrected chi connectivity index (χ3v) is 2.11. The van der Waals surface area contributed by atoms with Gasteiger partial charge in [-0.15, -0.1) is 5.10 Å². The second kappa shape index (κ2) is 3.38. The van der Waals surface area contributed by atoms with E-state index in [0.717, 1.165) is 10.2 Å². The van der Waals surface area contributed by atoms with Crippen molar-refractivity contribution in [3.63, 3.8) is 0 Å². The number of hydrogen-bond donors (Lipinski definition) is 1. The number of aromatic nitrogens is 4. The molecule has 0 unspecified atom stereocenters. The van der Waals surface area contributed by atoms with Crippen LogP contribution in [0.2, 0.25) is 0 Å². The lowest BCUT2D eigenvalue weighted by Crippen LogP contribution is -2.04. The fraction of sp³-hybridized carbons (Fsp3) is 0.125. The summed E-state index contributed by atoms with van der Waals surface area (Å²) in [5, 5.41) is 4.06. The van der Waals surface area contributed by atoms with Crippen molar-refractivity contribution in [1.82, 2.24) is 19.7 Å². The van der Waals surface area contributed by atoms with Gasteiger partial charge in [0.05, 0.1) is 4.47 Å². The predicted octanol–water partition coefficient (Wildman–Crippen LogP) is 1.32. The molecule has 14 heavy (non-hydrogen) atoms. The molecule has 0 spiro atoms. The van der Waals surface area contributed by atoms with Crippen molar-refractivity contribution in [1.29, 1.82) is 0 Å². The molecule has 2 rings (SSSR count). The minimum Gasteiger partial charge on any atom is -0.382 e. The van der Waals surface area contributed by atoms with E-state index < -0.39 is 0 Å². The monoisotopic (exact) mass is 253 g/mol. The Balaban J connectivity index is 2.49. The number of halogens is 1. The van der Waals surface area contributed by atoms with E-state index in [4.69, 9.17) is 5.73 Å². The molecule has 0 amide bonds. The summed E-state index contributed by atoms with van der Waals surface area (Å²) >= 11 is 3.26. The number of hydrogen-bond acceptors (Lipinski definition) is 4. The van der Waals surface area contributed by atoms with Crippen molar-refractivity contribution in [3.05, 3.63) is 28.6 Å². The lowest BCUT2D eigenvalue weighted by molar-refractivity contribution is 0.785. The van der Waals surface area contributed by atoms with E-state index >= 15 is 0 Å². The van der Waals surface area contributed by atoms with Crippen LogP contribution < -0.4 is 5.73 Å². The highest BCUT2D eigenvalue weighted by molar-refractivity contribution is 9.10. The Morgan fingerprint density at radius 2 is 2.00 bits per heavy atom. The number of nitrogens with zero attached hydrogens (tertiary/aromatic N) is 4. The van der Waals surface area contributed by atoms with Gasteiger partial charge in [0.15, 0.2) is 0 Å². The van der Waals surface area contributed by atoms with Gasteiger partial charge in [-0.05, 0) is 22.9 Å². The van der Waals surface area contributed by atoms with E-state index in [1.54, 1.807) is 23.1 Å². The summed E-state index contributed by atoms with van der Waals surface area (Å²) < 4.78 is 2.43. The summed E-state index contributed by atoms with van der Waals surface area (Å²) in [4.78, 5) is 8.22. The molecule has 2 aromatic heterocycles. The number of nitrogen functional groups attached to an aromatic ring is 1. The molecule has 6 heteroatoms. The fourth-order valence-corrected chi connectivity index (χ4v) is 1.32. The van der Waals surface area contributed by atoms with Crippen LogP contribution in [0.4, 0.5) is 5.82 Å². The molecule has 2 N–H and O–H groups in total. The minimum atomic E-state index is 0.467. The van der Waals surface area contributed by atoms with Crippen molar-refractivity contribution >= 4 is 21.7 Å². The van der Waals surface area contributed by atoms with Crippen LogP contribution in [0.3, 0.4) is 0 Å². The number of anilines is 1. The van der Waals surface area contributed by atoms with Crippen molar-refractivity contribution in [2.45, 2.75) is 6.92 Å². The van der Waals surface area contributed by atoms with E-state index in [1.165, 1.54) is 0 Å². The molecule has 2 aromatic rings. The first-order valence-corrected chi connectivity index (χ1v) is 4.76. The summed E-state index contributed by atoms with van der Waals surface area (Å²) in [6.07, 6.45) is 3.33. The van der Waals surface area contributed by atoms with Gasteiger partial charge < -0.3 is 5.73 Å². The Bertz CT molecular complexity index is 447. The summed E-state index contributed by atoms with van der Waals surface area (Å²) in [6, 6.07) is 1.77. The quantitative estimate of drug-likeness (QED) is 0.833. The zero-order valence-electron chi connectivity index (χ0n) is 7.48. The lowest BCUT2D eigenvalue weighted by atomic mass is 10.5. The van der Waals surface area contributed by atoms with Gasteiger partial charge in [-0.1, -0.05) is 0 Å². The predicted molar refractivity (Wildman–Crippen MR) is 56.0 cm³/mol. The van der Waals surface area contributed by atoms with Gasteiger partial charge in [-0.3, -0.25) is 0 Å². The first-order chi connectivity index (χ1) is 6.66. The molecule has 0 aliphatic heterocycles. The molecule has 5 nitrogen and oxygen atoms in total. The van der Waals surface area contributed by atoms with Crippen LogP contribution in [0.25, 0.3) is 5.95 Å². The third-order valence-electron chi connectivity index (χ3n) is 1.70. The largest absolute Gasteiger partial charge is 0.382 e. The maximum Gasteiger partial charge on any atom is 0.250 e. The van der Waals surface area contributed by atoms with Gasteiger partial charge in [0.2, 0.25) is 0 Å². The smallest absolute Gasteiger partial charge is 0.250 e. The zero-order valence-corrected chi connectivity index (χ0v) is 9.06. The van der Waals surface area contributed by atoms with Crippen LogP contribution in [0.15, 0.2) is 22.9 Å². The van der Waals surface area contributed by atoms with Crippen LogP contribution in [-0.4, -0.2) is 19.7 Å². The average Bonchev–Trinajstić information content (AvgIpc) is 2.47. The molecular weight excluding hydrogens is 246 g/mol. The molecule has 0 radical (unpaired) electrons. The van der Waals surface area contributed by atoms with Gasteiger partial charge in [0, 0.05) is 24.2 Å². The van der Waals surface area contributed by atoms with Gasteiger partial charge in [-0.2, -0.15) is 0 Å². The summed E-state index contributed by atoms with van der Waals surface area (Å²) in [7, 11) is 0. The van der Waals surface area contributed by atoms with E-state index in [9.17, 15) is 0 Å². The molecule has 72 valence electrons. The highest BCUT2D eigenvalue weighted by Gasteiger charge is 2.05. The Morgan fingerprint density at radius 1 is 1.36 bits per heavy atom. The van der Waals surface area contributed by atoms with Crippen molar-refractivity contribution in [2.75, 3.05) is 5.73 Å². The Kier molecular flexibility index (Phi) is 2.20. The molecule has 0 aliphatic carbocycles. The summed E-state index contributed by atoms with van der Waals surface area (Å²) in [5.41, 5.74) is 6.46. The first kappa shape index (κ1) is 9.14. The van der Waals surface area contributed by atoms with Gasteiger partial charge in [0.1, 0.15) is 5.82 Å². The van der Waals surface area contributed by atoms with Gasteiger partial charge in [0.25, 0.3) is 5.95 Å². The van der Waals surface area contributed by atoms with E-state index in [1.807, 2.05) is 6.92 Å². The SMILES string of the molecule is Cc1cc(N)nn1-c1ncc(Br)cn1. The van der Waals surface area contributed by atoms with Crippen LogP contribution in [-0.2, 0) is 0 Å². The highest BCUT2D eigenvalue weighted by Crippen LogP contribution is 2.10. The van der Waals surface area contributed by atoms with Crippen LogP contribution in [0.5, 0.6) is 0 Å². The normalized spacial score (nSPS) is 10.4. The molecule has 0 bridgehead atoms. The van der Waals surface area contributed by atoms with Crippen LogP contribution >= 0.6 is 15.9 Å². The van der Waals surface area contributed by atoms with Crippen molar-refractivity contribution in [2.24, 2.45) is 0 Å². The van der Waals surface area contributed by atoms with E-state index in [2.05, 4.69) is 31.0 Å². The van der Waals surface area contributed by atoms with Crippen molar-refractivity contribution in [3.8, 4) is 5.95 Å². The highest BCUT2D eigenvalue weighted by atomic mass is 79.9. The molecule has 0 saturated carbocycles.